The maximum Gasteiger partial charge on any atom is 0.278 e. The zero-order chi connectivity index (χ0) is 20.7. The Hall–Kier alpha value is -2.69. The Bertz CT molecular complexity index is 907. The van der Waals surface area contributed by atoms with Gasteiger partial charge in [-0.25, -0.2) is 9.97 Å². The predicted octanol–water partition coefficient (Wildman–Crippen LogP) is 1.99. The van der Waals surface area contributed by atoms with Crippen LogP contribution in [0.3, 0.4) is 0 Å². The smallest absolute Gasteiger partial charge is 0.278 e. The first-order chi connectivity index (χ1) is 13.4. The summed E-state index contributed by atoms with van der Waals surface area (Å²) in [5, 5.41) is 13.6. The molecule has 0 aliphatic rings. The van der Waals surface area contributed by atoms with E-state index in [0.717, 1.165) is 11.8 Å². The molecule has 7 N–H and O–H groups in total. The molecule has 1 atom stereocenters. The van der Waals surface area contributed by atoms with E-state index in [9.17, 15) is 4.79 Å². The lowest BCUT2D eigenvalue weighted by Gasteiger charge is -2.18. The first-order valence-corrected chi connectivity index (χ1v) is 9.15. The number of benzene rings is 1. The fraction of sp³-hybridized carbons (Fsp3) is 0.176. The van der Waals surface area contributed by atoms with Gasteiger partial charge in [0, 0.05) is 24.0 Å². The SMILES string of the molecule is COc1cc(Cl)cc(C(CN)N/C=C(\C=N)NC(=O)c2nc(Br)cnc2N)c1. The summed E-state index contributed by atoms with van der Waals surface area (Å²) < 4.78 is 5.57. The minimum absolute atomic E-state index is 0.0242. The molecule has 2 aromatic rings. The number of carbonyl (C=O) groups excluding carboxylic acids is 1. The van der Waals surface area contributed by atoms with Crippen molar-refractivity contribution in [3.63, 3.8) is 0 Å². The van der Waals surface area contributed by atoms with E-state index < -0.39 is 5.91 Å². The molecular weight excluding hydrogens is 450 g/mol. The molecule has 1 aromatic heterocycles. The number of nitrogens with two attached hydrogens (primary N) is 2. The summed E-state index contributed by atoms with van der Waals surface area (Å²) in [6.45, 7) is 0.239. The van der Waals surface area contributed by atoms with Gasteiger partial charge in [0.25, 0.3) is 5.91 Å². The number of nitrogens with zero attached hydrogens (tertiary/aromatic N) is 2. The van der Waals surface area contributed by atoms with Gasteiger partial charge in [0.2, 0.25) is 0 Å². The molecule has 1 heterocycles. The lowest BCUT2D eigenvalue weighted by atomic mass is 10.1. The van der Waals surface area contributed by atoms with Gasteiger partial charge in [-0.3, -0.25) is 4.79 Å². The van der Waals surface area contributed by atoms with Crippen LogP contribution in [-0.2, 0) is 0 Å². The molecule has 1 amide bonds. The Kier molecular flexibility index (Phi) is 7.73. The number of nitrogens with one attached hydrogen (secondary N) is 3. The molecule has 0 radical (unpaired) electrons. The van der Waals surface area contributed by atoms with Gasteiger partial charge in [0.1, 0.15) is 10.4 Å². The number of hydrogen-bond acceptors (Lipinski definition) is 8. The van der Waals surface area contributed by atoms with Crippen molar-refractivity contribution in [2.24, 2.45) is 5.73 Å². The monoisotopic (exact) mass is 467 g/mol. The molecule has 0 fully saturated rings. The molecule has 148 valence electrons. The first-order valence-electron chi connectivity index (χ1n) is 7.98. The van der Waals surface area contributed by atoms with Crippen LogP contribution >= 0.6 is 27.5 Å². The second-order valence-corrected chi connectivity index (χ2v) is 6.75. The maximum atomic E-state index is 12.4. The van der Waals surface area contributed by atoms with Crippen molar-refractivity contribution in [1.29, 1.82) is 5.41 Å². The molecule has 0 bridgehead atoms. The van der Waals surface area contributed by atoms with Gasteiger partial charge < -0.3 is 32.2 Å². The standard InChI is InChI=1S/C17H19BrClN7O2/c1-28-12-3-9(2-10(19)4-12)13(6-21)23-7-11(5-20)25-17(27)15-16(22)24-8-14(18)26-15/h2-5,7-8,13,20,23H,6,21H2,1H3,(H2,22,24)(H,25,27)/b11-7+,20-5?. The second-order valence-electron chi connectivity index (χ2n) is 5.50. The Morgan fingerprint density at radius 1 is 1.46 bits per heavy atom. The molecule has 0 spiro atoms. The summed E-state index contributed by atoms with van der Waals surface area (Å²) in [5.41, 5.74) is 12.4. The van der Waals surface area contributed by atoms with E-state index in [4.69, 9.17) is 33.2 Å². The zero-order valence-corrected chi connectivity index (χ0v) is 17.2. The third-order valence-corrected chi connectivity index (χ3v) is 4.21. The minimum Gasteiger partial charge on any atom is -0.497 e. The van der Waals surface area contributed by atoms with Crippen LogP contribution in [0.25, 0.3) is 0 Å². The van der Waals surface area contributed by atoms with Gasteiger partial charge >= 0.3 is 0 Å². The zero-order valence-electron chi connectivity index (χ0n) is 14.9. The fourth-order valence-electron chi connectivity index (χ4n) is 2.24. The fourth-order valence-corrected chi connectivity index (χ4v) is 2.76. The minimum atomic E-state index is -0.600. The molecular formula is C17H19BrClN7O2. The number of carbonyl (C=O) groups is 1. The van der Waals surface area contributed by atoms with Crippen LogP contribution in [0.15, 0.2) is 40.9 Å². The Morgan fingerprint density at radius 2 is 2.21 bits per heavy atom. The first kappa shape index (κ1) is 21.6. The number of hydrogen-bond donors (Lipinski definition) is 5. The van der Waals surface area contributed by atoms with Crippen molar-refractivity contribution in [2.45, 2.75) is 6.04 Å². The number of aromatic nitrogens is 2. The Morgan fingerprint density at radius 3 is 2.86 bits per heavy atom. The number of halogens is 2. The van der Waals surface area contributed by atoms with Crippen LogP contribution in [0, 0.1) is 5.41 Å². The van der Waals surface area contributed by atoms with Gasteiger partial charge in [0.15, 0.2) is 11.5 Å². The second kappa shape index (κ2) is 10.0. The quantitative estimate of drug-likeness (QED) is 0.371. The molecule has 0 saturated heterocycles. The van der Waals surface area contributed by atoms with Crippen molar-refractivity contribution in [3.05, 3.63) is 57.2 Å². The van der Waals surface area contributed by atoms with E-state index in [1.165, 1.54) is 12.4 Å². The van der Waals surface area contributed by atoms with Crippen molar-refractivity contribution >= 4 is 45.5 Å². The van der Waals surface area contributed by atoms with Gasteiger partial charge in [-0.15, -0.1) is 0 Å². The Balaban J connectivity index is 2.17. The number of nitrogen functional groups attached to an aromatic ring is 1. The highest BCUT2D eigenvalue weighted by atomic mass is 79.9. The number of ether oxygens (including phenoxy) is 1. The van der Waals surface area contributed by atoms with Gasteiger partial charge in [-0.2, -0.15) is 0 Å². The third kappa shape index (κ3) is 5.65. The Labute approximate surface area is 175 Å². The predicted molar refractivity (Wildman–Crippen MR) is 111 cm³/mol. The van der Waals surface area contributed by atoms with Crippen LogP contribution in [0.4, 0.5) is 5.82 Å². The molecule has 28 heavy (non-hydrogen) atoms. The molecule has 9 nitrogen and oxygen atoms in total. The van der Waals surface area contributed by atoms with Gasteiger partial charge in [-0.1, -0.05) is 11.6 Å². The summed E-state index contributed by atoms with van der Waals surface area (Å²) in [6.07, 6.45) is 3.81. The van der Waals surface area contributed by atoms with E-state index in [-0.39, 0.29) is 29.8 Å². The van der Waals surface area contributed by atoms with E-state index >= 15 is 0 Å². The van der Waals surface area contributed by atoms with Crippen molar-refractivity contribution in [1.82, 2.24) is 20.6 Å². The number of methoxy groups -OCH3 is 1. The van der Waals surface area contributed by atoms with E-state index in [1.807, 2.05) is 0 Å². The van der Waals surface area contributed by atoms with Crippen LogP contribution in [0.1, 0.15) is 22.1 Å². The summed E-state index contributed by atoms with van der Waals surface area (Å²) in [6, 6.07) is 4.91. The molecule has 1 unspecified atom stereocenters. The average Bonchev–Trinajstić information content (AvgIpc) is 2.68. The number of rotatable bonds is 8. The van der Waals surface area contributed by atoms with E-state index in [2.05, 4.69) is 36.5 Å². The highest BCUT2D eigenvalue weighted by Crippen LogP contribution is 2.24. The molecule has 1 aromatic carbocycles. The average molecular weight is 469 g/mol. The van der Waals surface area contributed by atoms with E-state index in [0.29, 0.717) is 15.4 Å². The van der Waals surface area contributed by atoms with Crippen LogP contribution in [-0.4, -0.2) is 35.7 Å². The van der Waals surface area contributed by atoms with Crippen LogP contribution in [0.2, 0.25) is 5.02 Å². The van der Waals surface area contributed by atoms with E-state index in [1.54, 1.807) is 25.3 Å². The van der Waals surface area contributed by atoms with Crippen LogP contribution in [0.5, 0.6) is 5.75 Å². The van der Waals surface area contributed by atoms with Crippen molar-refractivity contribution < 1.29 is 9.53 Å². The summed E-state index contributed by atoms with van der Waals surface area (Å²) in [7, 11) is 1.54. The normalized spacial score (nSPS) is 12.2. The number of anilines is 1. The van der Waals surface area contributed by atoms with Gasteiger partial charge in [-0.05, 0) is 39.7 Å². The topological polar surface area (TPSA) is 152 Å². The largest absolute Gasteiger partial charge is 0.497 e. The van der Waals surface area contributed by atoms with Crippen LogP contribution < -0.4 is 26.8 Å². The summed E-state index contributed by atoms with van der Waals surface area (Å²) in [5.74, 6) is -0.0311. The highest BCUT2D eigenvalue weighted by molar-refractivity contribution is 9.10. The lowest BCUT2D eigenvalue weighted by Crippen LogP contribution is -2.29. The summed E-state index contributed by atoms with van der Waals surface area (Å²) >= 11 is 9.23. The van der Waals surface area contributed by atoms with Crippen molar-refractivity contribution in [2.75, 3.05) is 19.4 Å². The number of allylic oxidation sites excluding steroid dienone is 1. The molecule has 0 aliphatic carbocycles. The molecule has 0 aliphatic heterocycles. The third-order valence-electron chi connectivity index (χ3n) is 3.61. The molecule has 2 rings (SSSR count). The summed E-state index contributed by atoms with van der Waals surface area (Å²) in [4.78, 5) is 20.2. The molecule has 0 saturated carbocycles. The van der Waals surface area contributed by atoms with Gasteiger partial charge in [0.05, 0.1) is 25.0 Å². The van der Waals surface area contributed by atoms with Crippen molar-refractivity contribution in [3.8, 4) is 5.75 Å². The maximum absolute atomic E-state index is 12.4. The lowest BCUT2D eigenvalue weighted by molar-refractivity contribution is 0.0963. The molecule has 11 heteroatoms. The number of amides is 1. The highest BCUT2D eigenvalue weighted by Gasteiger charge is 2.15.